The zero-order valence-electron chi connectivity index (χ0n) is 49.7. The Morgan fingerprint density at radius 1 is 0.484 bits per heavy atom. The predicted molar refractivity (Wildman–Crippen MR) is 336 cm³/mol. The van der Waals surface area contributed by atoms with Gasteiger partial charge in [0.2, 0.25) is 0 Å². The van der Waals surface area contributed by atoms with Gasteiger partial charge >= 0.3 is 55.6 Å². The van der Waals surface area contributed by atoms with Crippen LogP contribution in [0.2, 0.25) is 0 Å². The van der Waals surface area contributed by atoms with E-state index in [0.717, 1.165) is 54.7 Å². The van der Waals surface area contributed by atoms with Gasteiger partial charge in [-0.25, -0.2) is 18.7 Å². The van der Waals surface area contributed by atoms with E-state index in [4.69, 9.17) is 5.11 Å². The number of thiophene rings is 3. The van der Waals surface area contributed by atoms with Gasteiger partial charge in [0.25, 0.3) is 23.8 Å². The Bertz CT molecular complexity index is 3710. The zero-order chi connectivity index (χ0) is 64.6. The second-order valence-electron chi connectivity index (χ2n) is 18.3. The molecule has 0 aliphatic rings. The third-order valence-electron chi connectivity index (χ3n) is 12.1. The van der Waals surface area contributed by atoms with Gasteiger partial charge in [-0.05, 0) is 160 Å². The van der Waals surface area contributed by atoms with Crippen molar-refractivity contribution in [1.29, 1.82) is 0 Å². The smallest absolute Gasteiger partial charge is 0.876 e. The minimum atomic E-state index is -4.98. The van der Waals surface area contributed by atoms with E-state index < -0.39 is 17.7 Å². The molecule has 0 unspecified atom stereocenters. The van der Waals surface area contributed by atoms with Crippen molar-refractivity contribution in [2.24, 2.45) is 0 Å². The number of hydrogen-bond donors (Lipinski definition) is 1. The summed E-state index contributed by atoms with van der Waals surface area (Å²) in [6, 6.07) is 33.7. The van der Waals surface area contributed by atoms with Crippen LogP contribution in [-0.4, -0.2) is 124 Å². The van der Waals surface area contributed by atoms with Gasteiger partial charge in [0.1, 0.15) is 0 Å². The summed E-state index contributed by atoms with van der Waals surface area (Å²) in [7, 11) is 0. The predicted octanol–water partition coefficient (Wildman–Crippen LogP) is 10.8. The van der Waals surface area contributed by atoms with Crippen LogP contribution >= 0.6 is 34.0 Å². The largest absolute Gasteiger partial charge is 3.00 e. The molecule has 0 saturated heterocycles. The van der Waals surface area contributed by atoms with E-state index in [1.54, 1.807) is 103 Å². The van der Waals surface area contributed by atoms with Gasteiger partial charge in [0, 0.05) is 104 Å². The molecule has 0 atom stereocenters. The molecule has 0 fully saturated rings. The van der Waals surface area contributed by atoms with Crippen LogP contribution in [0.25, 0.3) is 46.6 Å². The fourth-order valence-electron chi connectivity index (χ4n) is 7.79. The molecule has 9 aromatic heterocycles. The molecule has 9 heterocycles. The second-order valence-corrected chi connectivity index (χ2v) is 21.2. The minimum Gasteiger partial charge on any atom is -0.876 e. The van der Waals surface area contributed by atoms with E-state index in [-0.39, 0.29) is 83.4 Å². The number of aromatic nitrogens is 14. The van der Waals surface area contributed by atoms with Gasteiger partial charge in [0.15, 0.2) is 29.0 Å². The number of carbonyl (C=O) groups excluding carboxylic acids is 3. The molecule has 11 rings (SSSR count). The van der Waals surface area contributed by atoms with Crippen molar-refractivity contribution in [3.63, 3.8) is 0 Å². The first-order valence-corrected chi connectivity index (χ1v) is 30.2. The molecule has 0 aliphatic heterocycles. The standard InChI is InChI=1S/2C19H20N8.C8H5F3O2S.2C8H8O2S.Eu/c2*1-3-25(4-2)16-9-7-15(8-10-16)17-22-18(26-13-5-11-20-26)24-19(23-17)27-14-6-12-21-27;9-8(10,11)7(13)4-5(12)6-2-1-3-14-6;2*1-6(9)5-7(10)8-3-2-4-11-8;/h2*5-14H,3-4H2,1-2H3;1-4,13H;2*2-5,9H,1H3;/q;;;;;+3/p-2. The monoisotopic (exact) mass is 1430 g/mol. The first-order valence-electron chi connectivity index (χ1n) is 27.5. The van der Waals surface area contributed by atoms with Crippen molar-refractivity contribution in [2.75, 3.05) is 36.0 Å². The number of benzene rings is 2. The van der Waals surface area contributed by atoms with Crippen LogP contribution in [0.5, 0.6) is 0 Å². The van der Waals surface area contributed by atoms with Gasteiger partial charge in [-0.2, -0.15) is 63.5 Å². The summed E-state index contributed by atoms with van der Waals surface area (Å²) in [4.78, 5) is 66.5. The van der Waals surface area contributed by atoms with Gasteiger partial charge in [-0.15, -0.1) is 39.8 Å². The Morgan fingerprint density at radius 2 is 0.791 bits per heavy atom. The normalized spacial score (nSPS) is 11.2. The first kappa shape index (κ1) is 71.1. The fourth-order valence-corrected chi connectivity index (χ4v) is 9.70. The van der Waals surface area contributed by atoms with E-state index in [9.17, 15) is 37.8 Å². The fraction of sp³-hybridized carbons (Fsp3) is 0.177. The van der Waals surface area contributed by atoms with Crippen LogP contribution in [0.1, 0.15) is 70.6 Å². The van der Waals surface area contributed by atoms with E-state index in [0.29, 0.717) is 45.2 Å². The van der Waals surface area contributed by atoms with Gasteiger partial charge < -0.3 is 25.1 Å². The van der Waals surface area contributed by atoms with Crippen molar-refractivity contribution in [3.05, 3.63) is 225 Å². The Balaban J connectivity index is 0.000000191. The number of ketones is 3. The molecule has 22 nitrogen and oxygen atoms in total. The molecule has 91 heavy (non-hydrogen) atoms. The molecule has 0 radical (unpaired) electrons. The number of carbonyl (C=O) groups is 3. The van der Waals surface area contributed by atoms with Crippen molar-refractivity contribution in [2.45, 2.75) is 47.7 Å². The Morgan fingerprint density at radius 3 is 1.03 bits per heavy atom. The van der Waals surface area contributed by atoms with Crippen LogP contribution in [0, 0.1) is 49.4 Å². The van der Waals surface area contributed by atoms with E-state index >= 15 is 0 Å². The maximum absolute atomic E-state index is 11.7. The summed E-state index contributed by atoms with van der Waals surface area (Å²) in [6.45, 7) is 15.3. The molecule has 0 amide bonds. The number of hydrogen-bond acceptors (Lipinski definition) is 21. The number of halogens is 3. The number of aliphatic hydroxyl groups is 1. The molecule has 29 heteroatoms. The molecule has 11 aromatic rings. The van der Waals surface area contributed by atoms with E-state index in [1.807, 2.05) is 53.9 Å². The maximum Gasteiger partial charge on any atom is 3.00 e. The first-order chi connectivity index (χ1) is 43.4. The summed E-state index contributed by atoms with van der Waals surface area (Å²) in [5.41, 5.74) is 4.18. The maximum atomic E-state index is 11.7. The summed E-state index contributed by atoms with van der Waals surface area (Å²) < 4.78 is 41.6. The Labute approximate surface area is 574 Å². The molecular weight excluding hydrogens is 1370 g/mol. The molecule has 0 bridgehead atoms. The van der Waals surface area contributed by atoms with Crippen LogP contribution in [0.3, 0.4) is 0 Å². The number of nitrogens with zero attached hydrogens (tertiary/aromatic N) is 16. The van der Waals surface area contributed by atoms with Crippen molar-refractivity contribution >= 4 is 62.7 Å². The third-order valence-corrected chi connectivity index (χ3v) is 14.7. The van der Waals surface area contributed by atoms with Gasteiger partial charge in [-0.3, -0.25) is 14.4 Å². The average Bonchev–Trinajstić information content (AvgIpc) is 1.86. The number of anilines is 2. The van der Waals surface area contributed by atoms with Crippen molar-refractivity contribution in [1.82, 2.24) is 69.0 Å². The number of alkyl halides is 3. The zero-order valence-corrected chi connectivity index (χ0v) is 54.6. The Kier molecular flexibility index (Phi) is 27.7. The van der Waals surface area contributed by atoms with Crippen LogP contribution < -0.4 is 20.0 Å². The molecule has 0 aliphatic carbocycles. The van der Waals surface area contributed by atoms with Gasteiger partial charge in [0.05, 0.1) is 20.4 Å². The van der Waals surface area contributed by atoms with Gasteiger partial charge in [-0.1, -0.05) is 25.1 Å². The molecule has 1 N–H and O–H groups in total. The topological polar surface area (TPSA) is 273 Å². The van der Waals surface area contributed by atoms with Crippen LogP contribution in [-0.2, 0) is 0 Å². The molecule has 0 spiro atoms. The molecule has 2 aromatic carbocycles. The summed E-state index contributed by atoms with van der Waals surface area (Å²) in [5, 5.41) is 51.7. The average molecular weight is 1430 g/mol. The summed E-state index contributed by atoms with van der Waals surface area (Å²) >= 11 is 3.69. The van der Waals surface area contributed by atoms with Crippen molar-refractivity contribution in [3.8, 4) is 46.6 Å². The van der Waals surface area contributed by atoms with E-state index in [2.05, 4.69) is 112 Å². The Hall–Kier alpha value is -9.00. The molecular formula is C62H59EuF3N16O6S3+. The second kappa shape index (κ2) is 35.4. The third kappa shape index (κ3) is 21.3. The minimum absolute atomic E-state index is 0. The van der Waals surface area contributed by atoms with Crippen LogP contribution in [0.4, 0.5) is 24.5 Å². The van der Waals surface area contributed by atoms with Crippen molar-refractivity contribution < 1.29 is 92.3 Å². The van der Waals surface area contributed by atoms with Crippen LogP contribution in [0.15, 0.2) is 210 Å². The summed E-state index contributed by atoms with van der Waals surface area (Å²) in [6.07, 6.45) is 11.4. The number of allylic oxidation sites excluding steroid dienone is 6. The molecule has 468 valence electrons. The van der Waals surface area contributed by atoms with E-state index in [1.165, 1.54) is 66.1 Å². The summed E-state index contributed by atoms with van der Waals surface area (Å²) in [5.74, 6) is -0.602. The SMILES string of the molecule is CC(O)=CC(=O)c1cccs1.CC([O-])=CC(=O)c1cccs1.CCN(CC)c1ccc(-c2nc(-n3cccn3)nc(-n3cccn3)n2)cc1.CCN(CC)c1ccc(-c2nc(-n3cccn3)nc(-n3cccn3)n2)cc1.O=C(C=C([O-])C(F)(F)F)c1cccs1.[Eu+3]. The number of rotatable bonds is 18. The molecule has 0 saturated carbocycles. The number of aliphatic hydroxyl groups excluding tert-OH is 1. The quantitative estimate of drug-likeness (QED) is 0.0475.